The van der Waals surface area contributed by atoms with Crippen LogP contribution in [0.5, 0.6) is 0 Å². The van der Waals surface area contributed by atoms with Crippen LogP contribution in [0.2, 0.25) is 0 Å². The van der Waals surface area contributed by atoms with Crippen molar-refractivity contribution in [1.29, 1.82) is 0 Å². The lowest BCUT2D eigenvalue weighted by molar-refractivity contribution is -0.122. The van der Waals surface area contributed by atoms with Gasteiger partial charge in [-0.15, -0.1) is 0 Å². The molecule has 3 rings (SSSR count). The summed E-state index contributed by atoms with van der Waals surface area (Å²) >= 11 is 5.32. The quantitative estimate of drug-likeness (QED) is 0.753. The predicted molar refractivity (Wildman–Crippen MR) is 66.2 cm³/mol. The lowest BCUT2D eigenvalue weighted by atomic mass is 10.1. The second-order valence-electron chi connectivity index (χ2n) is 4.17. The molecule has 1 fully saturated rings. The number of aromatic nitrogens is 3. The lowest BCUT2D eigenvalue weighted by Crippen LogP contribution is -2.36. The van der Waals surface area contributed by atoms with E-state index in [1.165, 1.54) is 0 Å². The minimum absolute atomic E-state index is 0.112. The molecule has 1 atom stereocenters. The smallest absolute Gasteiger partial charge is 0.220 e. The van der Waals surface area contributed by atoms with Crippen LogP contribution in [0.3, 0.4) is 0 Å². The van der Waals surface area contributed by atoms with Gasteiger partial charge in [0.05, 0.1) is 11.6 Å². The molecule has 0 aliphatic carbocycles. The number of hydrogen-bond acceptors (Lipinski definition) is 3. The van der Waals surface area contributed by atoms with Crippen molar-refractivity contribution < 1.29 is 4.79 Å². The SMILES string of the molecule is O=C1CCC(n2c(=S)[nH]c3cccnc32)CN1. The Morgan fingerprint density at radius 2 is 2.41 bits per heavy atom. The molecule has 1 aliphatic heterocycles. The van der Waals surface area contributed by atoms with Gasteiger partial charge in [0.1, 0.15) is 0 Å². The highest BCUT2D eigenvalue weighted by Crippen LogP contribution is 2.22. The number of pyridine rings is 1. The minimum atomic E-state index is 0.112. The van der Waals surface area contributed by atoms with Gasteiger partial charge in [-0.25, -0.2) is 4.98 Å². The third-order valence-corrected chi connectivity index (χ3v) is 3.38. The highest BCUT2D eigenvalue weighted by molar-refractivity contribution is 7.71. The van der Waals surface area contributed by atoms with E-state index in [1.807, 2.05) is 16.7 Å². The van der Waals surface area contributed by atoms with Gasteiger partial charge in [-0.3, -0.25) is 9.36 Å². The number of amides is 1. The van der Waals surface area contributed by atoms with Crippen molar-refractivity contribution >= 4 is 29.3 Å². The van der Waals surface area contributed by atoms with E-state index in [-0.39, 0.29) is 11.9 Å². The Hall–Kier alpha value is -1.69. The number of aromatic amines is 1. The Labute approximate surface area is 103 Å². The van der Waals surface area contributed by atoms with Crippen LogP contribution in [-0.4, -0.2) is 27.0 Å². The zero-order chi connectivity index (χ0) is 11.8. The van der Waals surface area contributed by atoms with Crippen molar-refractivity contribution in [2.24, 2.45) is 0 Å². The minimum Gasteiger partial charge on any atom is -0.354 e. The van der Waals surface area contributed by atoms with Crippen LogP contribution >= 0.6 is 12.2 Å². The Morgan fingerprint density at radius 1 is 1.53 bits per heavy atom. The molecule has 0 bridgehead atoms. The first-order valence-electron chi connectivity index (χ1n) is 5.57. The van der Waals surface area contributed by atoms with Crippen molar-refractivity contribution in [2.75, 3.05) is 6.54 Å². The van der Waals surface area contributed by atoms with E-state index in [4.69, 9.17) is 12.2 Å². The topological polar surface area (TPSA) is 62.7 Å². The van der Waals surface area contributed by atoms with Crippen LogP contribution in [0.1, 0.15) is 18.9 Å². The molecule has 3 heterocycles. The Kier molecular flexibility index (Phi) is 2.44. The number of imidazole rings is 1. The van der Waals surface area contributed by atoms with Gasteiger partial charge in [0, 0.05) is 19.2 Å². The summed E-state index contributed by atoms with van der Waals surface area (Å²) in [4.78, 5) is 18.6. The van der Waals surface area contributed by atoms with Gasteiger partial charge in [-0.1, -0.05) is 0 Å². The fourth-order valence-electron chi connectivity index (χ4n) is 2.24. The number of carbonyl (C=O) groups is 1. The maximum atomic E-state index is 11.2. The maximum absolute atomic E-state index is 11.2. The average Bonchev–Trinajstić information content (AvgIpc) is 2.66. The summed E-state index contributed by atoms with van der Waals surface area (Å²) in [6.45, 7) is 0.622. The molecular weight excluding hydrogens is 236 g/mol. The zero-order valence-corrected chi connectivity index (χ0v) is 9.96. The molecule has 5 nitrogen and oxygen atoms in total. The first-order valence-corrected chi connectivity index (χ1v) is 5.98. The van der Waals surface area contributed by atoms with E-state index in [9.17, 15) is 4.79 Å². The molecule has 1 aliphatic rings. The monoisotopic (exact) mass is 248 g/mol. The first kappa shape index (κ1) is 10.5. The molecule has 2 aromatic heterocycles. The molecule has 2 aromatic rings. The number of nitrogens with zero attached hydrogens (tertiary/aromatic N) is 2. The third kappa shape index (κ3) is 1.74. The molecule has 6 heteroatoms. The number of fused-ring (bicyclic) bond motifs is 1. The van der Waals surface area contributed by atoms with Crippen molar-refractivity contribution in [1.82, 2.24) is 19.9 Å². The summed E-state index contributed by atoms with van der Waals surface area (Å²) < 4.78 is 2.67. The van der Waals surface area contributed by atoms with Gasteiger partial charge in [0.15, 0.2) is 10.4 Å². The molecule has 1 unspecified atom stereocenters. The lowest BCUT2D eigenvalue weighted by Gasteiger charge is -2.23. The number of rotatable bonds is 1. The normalized spacial score (nSPS) is 20.5. The highest BCUT2D eigenvalue weighted by atomic mass is 32.1. The third-order valence-electron chi connectivity index (χ3n) is 3.08. The summed E-state index contributed by atoms with van der Waals surface area (Å²) in [7, 11) is 0. The fraction of sp³-hybridized carbons (Fsp3) is 0.364. The van der Waals surface area contributed by atoms with Crippen LogP contribution in [0, 0.1) is 4.77 Å². The van der Waals surface area contributed by atoms with Gasteiger partial charge >= 0.3 is 0 Å². The predicted octanol–water partition coefficient (Wildman–Crippen LogP) is 1.54. The van der Waals surface area contributed by atoms with Gasteiger partial charge in [-0.2, -0.15) is 0 Å². The molecular formula is C11H12N4OS. The summed E-state index contributed by atoms with van der Waals surface area (Å²) in [5, 5.41) is 2.86. The summed E-state index contributed by atoms with van der Waals surface area (Å²) in [5.41, 5.74) is 1.80. The largest absolute Gasteiger partial charge is 0.354 e. The summed E-state index contributed by atoms with van der Waals surface area (Å²) in [6.07, 6.45) is 3.11. The molecule has 1 amide bonds. The van der Waals surface area contributed by atoms with E-state index >= 15 is 0 Å². The second-order valence-corrected chi connectivity index (χ2v) is 4.56. The van der Waals surface area contributed by atoms with Crippen LogP contribution < -0.4 is 5.32 Å². The zero-order valence-electron chi connectivity index (χ0n) is 9.14. The van der Waals surface area contributed by atoms with Crippen LogP contribution in [0.25, 0.3) is 11.2 Å². The molecule has 0 aromatic carbocycles. The van der Waals surface area contributed by atoms with Gasteiger partial charge in [0.25, 0.3) is 0 Å². The molecule has 0 spiro atoms. The number of nitrogens with one attached hydrogen (secondary N) is 2. The molecule has 1 saturated heterocycles. The van der Waals surface area contributed by atoms with Crippen LogP contribution in [0.4, 0.5) is 0 Å². The molecule has 2 N–H and O–H groups in total. The van der Waals surface area contributed by atoms with Crippen molar-refractivity contribution in [3.8, 4) is 0 Å². The van der Waals surface area contributed by atoms with Crippen LogP contribution in [0.15, 0.2) is 18.3 Å². The van der Waals surface area contributed by atoms with E-state index in [2.05, 4.69) is 15.3 Å². The van der Waals surface area contributed by atoms with Crippen molar-refractivity contribution in [3.05, 3.63) is 23.1 Å². The van der Waals surface area contributed by atoms with Crippen molar-refractivity contribution in [3.63, 3.8) is 0 Å². The number of hydrogen-bond donors (Lipinski definition) is 2. The Morgan fingerprint density at radius 3 is 3.18 bits per heavy atom. The Balaban J connectivity index is 2.08. The summed E-state index contributed by atoms with van der Waals surface area (Å²) in [5.74, 6) is 0.112. The van der Waals surface area contributed by atoms with Crippen molar-refractivity contribution in [2.45, 2.75) is 18.9 Å². The molecule has 17 heavy (non-hydrogen) atoms. The Bertz CT molecular complexity index is 620. The maximum Gasteiger partial charge on any atom is 0.220 e. The first-order chi connectivity index (χ1) is 8.25. The van der Waals surface area contributed by atoms with Gasteiger partial charge in [0.2, 0.25) is 5.91 Å². The number of H-pyrrole nitrogens is 1. The van der Waals surface area contributed by atoms with Gasteiger partial charge < -0.3 is 10.3 Å². The molecule has 0 saturated carbocycles. The second kappa shape index (κ2) is 3.96. The number of carbonyl (C=O) groups excluding carboxylic acids is 1. The van der Waals surface area contributed by atoms with E-state index in [0.717, 1.165) is 17.6 Å². The van der Waals surface area contributed by atoms with Crippen LogP contribution in [-0.2, 0) is 4.79 Å². The summed E-state index contributed by atoms with van der Waals surface area (Å²) in [6, 6.07) is 4.03. The van der Waals surface area contributed by atoms with E-state index in [0.29, 0.717) is 17.7 Å². The molecule has 0 radical (unpaired) electrons. The number of piperidine rings is 1. The van der Waals surface area contributed by atoms with E-state index in [1.54, 1.807) is 6.20 Å². The standard InChI is InChI=1S/C11H12N4OS/c16-9-4-3-7(6-13-9)15-10-8(14-11(15)17)2-1-5-12-10/h1-2,5,7H,3-4,6H2,(H,13,16)(H,14,17). The highest BCUT2D eigenvalue weighted by Gasteiger charge is 2.22. The average molecular weight is 248 g/mol. The molecule has 88 valence electrons. The fourth-order valence-corrected chi connectivity index (χ4v) is 2.58. The van der Waals surface area contributed by atoms with E-state index < -0.39 is 0 Å². The van der Waals surface area contributed by atoms with Gasteiger partial charge in [-0.05, 0) is 30.8 Å².